The standard InChI is InChI=1S/C14H16N2O3S/c1-9-5-11-6-10-3-4-16(20(2,18)19)8-12(10)7-13(11)15-14(9)17/h5-7H,3-4,8H2,1-2H3,(H,15,17). The van der Waals surface area contributed by atoms with E-state index in [9.17, 15) is 13.2 Å². The number of aromatic amines is 1. The van der Waals surface area contributed by atoms with Gasteiger partial charge < -0.3 is 4.98 Å². The summed E-state index contributed by atoms with van der Waals surface area (Å²) in [6.45, 7) is 2.67. The number of aryl methyl sites for hydroxylation is 1. The molecule has 5 nitrogen and oxygen atoms in total. The van der Waals surface area contributed by atoms with Crippen molar-refractivity contribution in [3.05, 3.63) is 45.2 Å². The van der Waals surface area contributed by atoms with Gasteiger partial charge in [0.15, 0.2) is 0 Å². The molecule has 20 heavy (non-hydrogen) atoms. The number of H-pyrrole nitrogens is 1. The van der Waals surface area contributed by atoms with Crippen molar-refractivity contribution in [1.29, 1.82) is 0 Å². The van der Waals surface area contributed by atoms with Crippen LogP contribution >= 0.6 is 0 Å². The van der Waals surface area contributed by atoms with E-state index in [2.05, 4.69) is 4.98 Å². The van der Waals surface area contributed by atoms with E-state index in [1.54, 1.807) is 6.92 Å². The van der Waals surface area contributed by atoms with Gasteiger partial charge >= 0.3 is 0 Å². The van der Waals surface area contributed by atoms with Crippen LogP contribution in [0.3, 0.4) is 0 Å². The van der Waals surface area contributed by atoms with Crippen molar-refractivity contribution in [2.75, 3.05) is 12.8 Å². The molecule has 2 heterocycles. The zero-order chi connectivity index (χ0) is 14.5. The van der Waals surface area contributed by atoms with E-state index in [1.165, 1.54) is 10.6 Å². The van der Waals surface area contributed by atoms with Gasteiger partial charge in [0.2, 0.25) is 10.0 Å². The van der Waals surface area contributed by atoms with Gasteiger partial charge in [-0.05, 0) is 48.1 Å². The van der Waals surface area contributed by atoms with Gasteiger partial charge in [0.25, 0.3) is 5.56 Å². The molecule has 1 N–H and O–H groups in total. The summed E-state index contributed by atoms with van der Waals surface area (Å²) in [5.41, 5.74) is 3.46. The molecular weight excluding hydrogens is 276 g/mol. The van der Waals surface area contributed by atoms with Crippen LogP contribution in [0.1, 0.15) is 16.7 Å². The summed E-state index contributed by atoms with van der Waals surface area (Å²) in [6, 6.07) is 5.81. The Morgan fingerprint density at radius 2 is 1.95 bits per heavy atom. The highest BCUT2D eigenvalue weighted by Gasteiger charge is 2.23. The topological polar surface area (TPSA) is 70.2 Å². The lowest BCUT2D eigenvalue weighted by molar-refractivity contribution is 0.395. The minimum absolute atomic E-state index is 0.103. The van der Waals surface area contributed by atoms with Crippen LogP contribution in [0.4, 0.5) is 0 Å². The molecular formula is C14H16N2O3S. The summed E-state index contributed by atoms with van der Waals surface area (Å²) < 4.78 is 24.7. The van der Waals surface area contributed by atoms with Crippen molar-refractivity contribution in [1.82, 2.24) is 9.29 Å². The molecule has 0 amide bonds. The molecule has 1 aromatic heterocycles. The molecule has 106 valence electrons. The largest absolute Gasteiger partial charge is 0.322 e. The zero-order valence-corrected chi connectivity index (χ0v) is 12.3. The lowest BCUT2D eigenvalue weighted by atomic mass is 9.98. The zero-order valence-electron chi connectivity index (χ0n) is 11.4. The summed E-state index contributed by atoms with van der Waals surface area (Å²) in [4.78, 5) is 14.5. The van der Waals surface area contributed by atoms with E-state index < -0.39 is 10.0 Å². The van der Waals surface area contributed by atoms with Gasteiger partial charge in [0.1, 0.15) is 0 Å². The van der Waals surface area contributed by atoms with Crippen LogP contribution in [0.5, 0.6) is 0 Å². The smallest absolute Gasteiger partial charge is 0.251 e. The van der Waals surface area contributed by atoms with E-state index in [-0.39, 0.29) is 5.56 Å². The maximum atomic E-state index is 11.7. The molecule has 1 aliphatic heterocycles. The summed E-state index contributed by atoms with van der Waals surface area (Å²) in [7, 11) is -3.18. The number of rotatable bonds is 1. The van der Waals surface area contributed by atoms with Gasteiger partial charge in [-0.3, -0.25) is 4.79 Å². The quantitative estimate of drug-likeness (QED) is 0.857. The number of pyridine rings is 1. The van der Waals surface area contributed by atoms with Crippen molar-refractivity contribution in [2.24, 2.45) is 0 Å². The van der Waals surface area contributed by atoms with Gasteiger partial charge in [-0.15, -0.1) is 0 Å². The molecule has 2 aromatic rings. The molecule has 0 saturated carbocycles. The number of nitrogens with one attached hydrogen (secondary N) is 1. The van der Waals surface area contributed by atoms with Crippen LogP contribution < -0.4 is 5.56 Å². The molecule has 0 atom stereocenters. The van der Waals surface area contributed by atoms with Gasteiger partial charge in [0, 0.05) is 24.2 Å². The predicted molar refractivity (Wildman–Crippen MR) is 78.3 cm³/mol. The average Bonchev–Trinajstić information content (AvgIpc) is 2.36. The highest BCUT2D eigenvalue weighted by molar-refractivity contribution is 7.88. The Morgan fingerprint density at radius 1 is 1.20 bits per heavy atom. The van der Waals surface area contributed by atoms with Gasteiger partial charge in [-0.1, -0.05) is 0 Å². The Bertz CT molecular complexity index is 853. The molecule has 6 heteroatoms. The first-order valence-corrected chi connectivity index (χ1v) is 8.30. The normalized spacial score (nSPS) is 16.3. The lowest BCUT2D eigenvalue weighted by Gasteiger charge is -2.27. The fourth-order valence-electron chi connectivity index (χ4n) is 2.63. The van der Waals surface area contributed by atoms with E-state index in [4.69, 9.17) is 0 Å². The molecule has 0 unspecified atom stereocenters. The monoisotopic (exact) mass is 292 g/mol. The van der Waals surface area contributed by atoms with Crippen molar-refractivity contribution < 1.29 is 8.42 Å². The van der Waals surface area contributed by atoms with E-state index >= 15 is 0 Å². The van der Waals surface area contributed by atoms with Crippen molar-refractivity contribution in [3.8, 4) is 0 Å². The summed E-state index contributed by atoms with van der Waals surface area (Å²) in [5, 5.41) is 0.994. The second-order valence-electron chi connectivity index (χ2n) is 5.34. The third kappa shape index (κ3) is 2.25. The maximum Gasteiger partial charge on any atom is 0.251 e. The third-order valence-electron chi connectivity index (χ3n) is 3.80. The Labute approximate surface area is 117 Å². The van der Waals surface area contributed by atoms with E-state index in [0.717, 1.165) is 22.0 Å². The molecule has 0 bridgehead atoms. The lowest BCUT2D eigenvalue weighted by Crippen LogP contribution is -2.35. The highest BCUT2D eigenvalue weighted by atomic mass is 32.2. The maximum absolute atomic E-state index is 11.7. The SMILES string of the molecule is Cc1cc2cc3c(cc2[nH]c1=O)CN(S(C)(=O)=O)CC3. The molecule has 0 radical (unpaired) electrons. The van der Waals surface area contributed by atoms with Crippen LogP contribution in [-0.2, 0) is 23.0 Å². The first-order chi connectivity index (χ1) is 9.34. The van der Waals surface area contributed by atoms with Crippen molar-refractivity contribution in [3.63, 3.8) is 0 Å². The Hall–Kier alpha value is -1.66. The Balaban J connectivity index is 2.13. The predicted octanol–water partition coefficient (Wildman–Crippen LogP) is 1.15. The highest BCUT2D eigenvalue weighted by Crippen LogP contribution is 2.25. The molecule has 0 saturated heterocycles. The van der Waals surface area contributed by atoms with Crippen molar-refractivity contribution >= 4 is 20.9 Å². The molecule has 1 aromatic carbocycles. The fourth-order valence-corrected chi connectivity index (χ4v) is 3.43. The molecule has 1 aliphatic rings. The van der Waals surface area contributed by atoms with Gasteiger partial charge in [-0.2, -0.15) is 4.31 Å². The van der Waals surface area contributed by atoms with Crippen molar-refractivity contribution in [2.45, 2.75) is 19.9 Å². The number of benzene rings is 1. The molecule has 0 spiro atoms. The number of nitrogens with zero attached hydrogens (tertiary/aromatic N) is 1. The molecule has 0 aliphatic carbocycles. The summed E-state index contributed by atoms with van der Waals surface area (Å²) in [6.07, 6.45) is 1.93. The second kappa shape index (κ2) is 4.43. The molecule has 3 rings (SSSR count). The summed E-state index contributed by atoms with van der Waals surface area (Å²) >= 11 is 0. The van der Waals surface area contributed by atoms with Crippen LogP contribution in [-0.4, -0.2) is 30.5 Å². The third-order valence-corrected chi connectivity index (χ3v) is 5.05. The first-order valence-electron chi connectivity index (χ1n) is 6.45. The first kappa shape index (κ1) is 13.3. The second-order valence-corrected chi connectivity index (χ2v) is 7.32. The minimum atomic E-state index is -3.18. The summed E-state index contributed by atoms with van der Waals surface area (Å²) in [5.74, 6) is 0. The van der Waals surface area contributed by atoms with E-state index in [1.807, 2.05) is 18.2 Å². The number of sulfonamides is 1. The fraction of sp³-hybridized carbons (Fsp3) is 0.357. The number of hydrogen-bond donors (Lipinski definition) is 1. The van der Waals surface area contributed by atoms with Crippen LogP contribution in [0.15, 0.2) is 23.0 Å². The Morgan fingerprint density at radius 3 is 2.65 bits per heavy atom. The van der Waals surface area contributed by atoms with E-state index in [0.29, 0.717) is 25.1 Å². The van der Waals surface area contributed by atoms with Crippen LogP contribution in [0.2, 0.25) is 0 Å². The van der Waals surface area contributed by atoms with Crippen LogP contribution in [0, 0.1) is 6.92 Å². The van der Waals surface area contributed by atoms with Gasteiger partial charge in [0.05, 0.1) is 6.26 Å². The number of hydrogen-bond acceptors (Lipinski definition) is 3. The van der Waals surface area contributed by atoms with Crippen LogP contribution in [0.25, 0.3) is 10.9 Å². The van der Waals surface area contributed by atoms with Gasteiger partial charge in [-0.25, -0.2) is 8.42 Å². The minimum Gasteiger partial charge on any atom is -0.322 e. The Kier molecular flexibility index (Phi) is 2.95. The average molecular weight is 292 g/mol. The molecule has 0 fully saturated rings. The number of fused-ring (bicyclic) bond motifs is 2. The number of aromatic nitrogens is 1.